The maximum Gasteiger partial charge on any atom is 0.121 e. The molecule has 0 radical (unpaired) electrons. The van der Waals surface area contributed by atoms with Gasteiger partial charge in [0.15, 0.2) is 0 Å². The fourth-order valence-corrected chi connectivity index (χ4v) is 2.30. The van der Waals surface area contributed by atoms with Crippen LogP contribution in [0, 0.1) is 11.8 Å². The minimum atomic E-state index is -0.989. The molecule has 0 aromatic heterocycles. The molecule has 84 valence electrons. The number of hydrogen-bond donors (Lipinski definition) is 0. The van der Waals surface area contributed by atoms with E-state index in [9.17, 15) is 4.39 Å². The quantitative estimate of drug-likeness (QED) is 0.663. The molecule has 1 nitrogen and oxygen atoms in total. The SMILES string of the molecule is CC(C)[C@@H]1CN(C(C)C)CC(C)(F)C1. The Morgan fingerprint density at radius 3 is 2.29 bits per heavy atom. The van der Waals surface area contributed by atoms with Crippen LogP contribution in [0.15, 0.2) is 0 Å². The Bertz CT molecular complexity index is 169. The molecule has 1 rings (SSSR count). The Balaban J connectivity index is 2.67. The molecule has 1 heterocycles. The van der Waals surface area contributed by atoms with Gasteiger partial charge in [0.05, 0.1) is 0 Å². The maximum absolute atomic E-state index is 14.1. The molecule has 1 aliphatic rings. The summed E-state index contributed by atoms with van der Waals surface area (Å²) in [5, 5.41) is 0. The van der Waals surface area contributed by atoms with E-state index in [1.54, 1.807) is 6.92 Å². The van der Waals surface area contributed by atoms with Crippen molar-refractivity contribution < 1.29 is 4.39 Å². The van der Waals surface area contributed by atoms with E-state index in [0.717, 1.165) is 13.0 Å². The summed E-state index contributed by atoms with van der Waals surface area (Å²) in [6.07, 6.45) is 0.730. The molecule has 0 saturated carbocycles. The van der Waals surface area contributed by atoms with Crippen LogP contribution in [0.5, 0.6) is 0 Å². The average Bonchev–Trinajstić information content (AvgIpc) is 2.01. The Labute approximate surface area is 87.7 Å². The first-order valence-electron chi connectivity index (χ1n) is 5.75. The standard InChI is InChI=1S/C12H24FN/c1-9(2)11-6-12(5,13)8-14(7-11)10(3)4/h9-11H,6-8H2,1-5H3/t11-,12?/m0/s1. The predicted octanol–water partition coefficient (Wildman–Crippen LogP) is 3.10. The number of likely N-dealkylation sites (tertiary alicyclic amines) is 1. The molecule has 1 aliphatic heterocycles. The molecule has 1 fully saturated rings. The normalized spacial score (nSPS) is 35.6. The molecule has 2 heteroatoms. The van der Waals surface area contributed by atoms with Gasteiger partial charge in [0, 0.05) is 19.1 Å². The van der Waals surface area contributed by atoms with E-state index < -0.39 is 5.67 Å². The lowest BCUT2D eigenvalue weighted by molar-refractivity contribution is -0.00159. The molecule has 0 N–H and O–H groups in total. The first kappa shape index (κ1) is 12.0. The van der Waals surface area contributed by atoms with Crippen molar-refractivity contribution in [3.8, 4) is 0 Å². The van der Waals surface area contributed by atoms with Gasteiger partial charge >= 0.3 is 0 Å². The average molecular weight is 201 g/mol. The molecule has 14 heavy (non-hydrogen) atoms. The Hall–Kier alpha value is -0.110. The van der Waals surface area contributed by atoms with Gasteiger partial charge in [0.2, 0.25) is 0 Å². The number of nitrogens with zero attached hydrogens (tertiary/aromatic N) is 1. The predicted molar refractivity (Wildman–Crippen MR) is 59.2 cm³/mol. The highest BCUT2D eigenvalue weighted by molar-refractivity contribution is 4.90. The first-order valence-corrected chi connectivity index (χ1v) is 5.75. The fraction of sp³-hybridized carbons (Fsp3) is 1.00. The topological polar surface area (TPSA) is 3.24 Å². The second-order valence-corrected chi connectivity index (χ2v) is 5.64. The summed E-state index contributed by atoms with van der Waals surface area (Å²) in [6, 6.07) is 0.464. The molecule has 2 atom stereocenters. The lowest BCUT2D eigenvalue weighted by Gasteiger charge is -2.43. The van der Waals surface area contributed by atoms with Gasteiger partial charge in [0.25, 0.3) is 0 Å². The van der Waals surface area contributed by atoms with Crippen LogP contribution < -0.4 is 0 Å². The van der Waals surface area contributed by atoms with Crippen molar-refractivity contribution >= 4 is 0 Å². The summed E-state index contributed by atoms with van der Waals surface area (Å²) >= 11 is 0. The molecule has 0 bridgehead atoms. The molecule has 0 aromatic carbocycles. The van der Waals surface area contributed by atoms with Gasteiger partial charge in [-0.15, -0.1) is 0 Å². The van der Waals surface area contributed by atoms with Crippen LogP contribution in [0.25, 0.3) is 0 Å². The summed E-state index contributed by atoms with van der Waals surface area (Å²) < 4.78 is 14.1. The van der Waals surface area contributed by atoms with Crippen LogP contribution >= 0.6 is 0 Å². The van der Waals surface area contributed by atoms with Gasteiger partial charge < -0.3 is 0 Å². The molecular formula is C12H24FN. The summed E-state index contributed by atoms with van der Waals surface area (Å²) in [5.74, 6) is 1.10. The maximum atomic E-state index is 14.1. The third-order valence-electron chi connectivity index (χ3n) is 3.36. The van der Waals surface area contributed by atoms with Crippen LogP contribution in [0.3, 0.4) is 0 Å². The summed E-state index contributed by atoms with van der Waals surface area (Å²) in [4.78, 5) is 2.27. The first-order chi connectivity index (χ1) is 6.32. The molecule has 0 aromatic rings. The van der Waals surface area contributed by atoms with E-state index in [1.807, 2.05) is 0 Å². The Kier molecular flexibility index (Phi) is 3.57. The molecular weight excluding hydrogens is 177 g/mol. The monoisotopic (exact) mass is 201 g/mol. The minimum Gasteiger partial charge on any atom is -0.297 e. The zero-order valence-electron chi connectivity index (χ0n) is 10.2. The number of piperidine rings is 1. The fourth-order valence-electron chi connectivity index (χ4n) is 2.30. The van der Waals surface area contributed by atoms with Gasteiger partial charge in [-0.25, -0.2) is 4.39 Å². The lowest BCUT2D eigenvalue weighted by Crippen LogP contribution is -2.51. The van der Waals surface area contributed by atoms with Gasteiger partial charge in [0.1, 0.15) is 5.67 Å². The second-order valence-electron chi connectivity index (χ2n) is 5.64. The molecule has 1 unspecified atom stereocenters. The van der Waals surface area contributed by atoms with Crippen molar-refractivity contribution in [1.29, 1.82) is 0 Å². The van der Waals surface area contributed by atoms with E-state index >= 15 is 0 Å². The largest absolute Gasteiger partial charge is 0.297 e. The highest BCUT2D eigenvalue weighted by atomic mass is 19.1. The summed E-state index contributed by atoms with van der Waals surface area (Å²) in [7, 11) is 0. The van der Waals surface area contributed by atoms with E-state index in [2.05, 4.69) is 32.6 Å². The van der Waals surface area contributed by atoms with Crippen molar-refractivity contribution in [1.82, 2.24) is 4.90 Å². The summed E-state index contributed by atoms with van der Waals surface area (Å²) in [6.45, 7) is 12.1. The van der Waals surface area contributed by atoms with Crippen LogP contribution in [-0.2, 0) is 0 Å². The van der Waals surface area contributed by atoms with Crippen molar-refractivity contribution in [2.45, 2.75) is 52.8 Å². The molecule has 0 aliphatic carbocycles. The second kappa shape index (κ2) is 4.18. The van der Waals surface area contributed by atoms with Gasteiger partial charge in [-0.05, 0) is 39.0 Å². The number of hydrogen-bond acceptors (Lipinski definition) is 1. The van der Waals surface area contributed by atoms with E-state index in [1.165, 1.54) is 0 Å². The molecule has 1 saturated heterocycles. The highest BCUT2D eigenvalue weighted by Gasteiger charge is 2.37. The molecule has 0 amide bonds. The van der Waals surface area contributed by atoms with E-state index in [0.29, 0.717) is 24.4 Å². The van der Waals surface area contributed by atoms with Gasteiger partial charge in [-0.3, -0.25) is 4.90 Å². The van der Waals surface area contributed by atoms with Crippen molar-refractivity contribution in [2.24, 2.45) is 11.8 Å². The number of alkyl halides is 1. The van der Waals surface area contributed by atoms with Crippen molar-refractivity contribution in [2.75, 3.05) is 13.1 Å². The lowest BCUT2D eigenvalue weighted by atomic mass is 9.81. The minimum absolute atomic E-state index is 0.464. The molecule has 0 spiro atoms. The van der Waals surface area contributed by atoms with Crippen molar-refractivity contribution in [3.63, 3.8) is 0 Å². The zero-order chi connectivity index (χ0) is 10.9. The van der Waals surface area contributed by atoms with Crippen LogP contribution in [0.4, 0.5) is 4.39 Å². The van der Waals surface area contributed by atoms with Gasteiger partial charge in [-0.2, -0.15) is 0 Å². The Morgan fingerprint density at radius 2 is 1.86 bits per heavy atom. The highest BCUT2D eigenvalue weighted by Crippen LogP contribution is 2.33. The van der Waals surface area contributed by atoms with Crippen LogP contribution in [0.2, 0.25) is 0 Å². The smallest absolute Gasteiger partial charge is 0.121 e. The van der Waals surface area contributed by atoms with Crippen molar-refractivity contribution in [3.05, 3.63) is 0 Å². The van der Waals surface area contributed by atoms with Gasteiger partial charge in [-0.1, -0.05) is 13.8 Å². The zero-order valence-corrected chi connectivity index (χ0v) is 10.2. The number of rotatable bonds is 2. The van der Waals surface area contributed by atoms with E-state index in [-0.39, 0.29) is 0 Å². The third kappa shape index (κ3) is 2.94. The van der Waals surface area contributed by atoms with Crippen LogP contribution in [0.1, 0.15) is 41.0 Å². The van der Waals surface area contributed by atoms with E-state index in [4.69, 9.17) is 0 Å². The summed E-state index contributed by atoms with van der Waals surface area (Å²) in [5.41, 5.74) is -0.989. The van der Waals surface area contributed by atoms with Crippen LogP contribution in [-0.4, -0.2) is 29.7 Å². The Morgan fingerprint density at radius 1 is 1.29 bits per heavy atom. The third-order valence-corrected chi connectivity index (χ3v) is 3.36. The number of halogens is 1.